The molecule has 0 unspecified atom stereocenters. The molecule has 6 heteroatoms. The summed E-state index contributed by atoms with van der Waals surface area (Å²) in [5.41, 5.74) is 2.95. The van der Waals surface area contributed by atoms with Crippen LogP contribution in [0.4, 0.5) is 10.1 Å². The number of benzene rings is 2. The maximum Gasteiger partial charge on any atom is 0.341 e. The van der Waals surface area contributed by atoms with Gasteiger partial charge in [-0.25, -0.2) is 9.18 Å². The molecule has 1 atom stereocenters. The smallest absolute Gasteiger partial charge is 0.341 e. The number of rotatable bonds is 5. The van der Waals surface area contributed by atoms with E-state index in [0.29, 0.717) is 11.4 Å². The predicted octanol–water partition coefficient (Wildman–Crippen LogP) is 3.51. The van der Waals surface area contributed by atoms with Crippen molar-refractivity contribution in [2.45, 2.75) is 32.3 Å². The van der Waals surface area contributed by atoms with E-state index < -0.39 is 23.8 Å². The molecule has 0 fully saturated rings. The van der Waals surface area contributed by atoms with Crippen molar-refractivity contribution >= 4 is 17.6 Å². The molecular formula is C20H20FNO4. The molecule has 0 bridgehead atoms. The largest absolute Gasteiger partial charge is 0.497 e. The number of hydrogen-bond acceptors (Lipinski definition) is 4. The van der Waals surface area contributed by atoms with E-state index in [-0.39, 0.29) is 5.56 Å². The third-order valence-corrected chi connectivity index (χ3v) is 4.42. The second-order valence-corrected chi connectivity index (χ2v) is 6.22. The summed E-state index contributed by atoms with van der Waals surface area (Å²) in [5, 5.41) is 2.73. The van der Waals surface area contributed by atoms with Gasteiger partial charge in [-0.05, 0) is 61.6 Å². The molecule has 0 aliphatic heterocycles. The zero-order chi connectivity index (χ0) is 18.7. The third kappa shape index (κ3) is 3.85. The average molecular weight is 357 g/mol. The van der Waals surface area contributed by atoms with Crippen LogP contribution in [0.25, 0.3) is 0 Å². The lowest BCUT2D eigenvalue weighted by molar-refractivity contribution is -0.123. The van der Waals surface area contributed by atoms with Gasteiger partial charge in [-0.2, -0.15) is 0 Å². The van der Waals surface area contributed by atoms with Gasteiger partial charge in [-0.15, -0.1) is 0 Å². The molecule has 2 aromatic carbocycles. The second kappa shape index (κ2) is 7.56. The summed E-state index contributed by atoms with van der Waals surface area (Å²) in [6.07, 6.45) is 2.12. The number of carbonyl (C=O) groups excluding carboxylic acids is 2. The number of carbonyl (C=O) groups is 2. The molecule has 5 nitrogen and oxygen atoms in total. The number of hydrogen-bond donors (Lipinski definition) is 1. The number of halogens is 1. The first-order valence-corrected chi connectivity index (χ1v) is 8.45. The molecule has 0 heterocycles. The number of aryl methyl sites for hydroxylation is 2. The highest BCUT2D eigenvalue weighted by molar-refractivity contribution is 5.97. The molecular weight excluding hydrogens is 337 g/mol. The fourth-order valence-corrected chi connectivity index (χ4v) is 2.96. The number of anilines is 1. The predicted molar refractivity (Wildman–Crippen MR) is 94.9 cm³/mol. The van der Waals surface area contributed by atoms with Gasteiger partial charge in [0.05, 0.1) is 12.7 Å². The van der Waals surface area contributed by atoms with Crippen LogP contribution >= 0.6 is 0 Å². The first-order valence-electron chi connectivity index (χ1n) is 8.45. The lowest BCUT2D eigenvalue weighted by Gasteiger charge is -2.14. The van der Waals surface area contributed by atoms with Gasteiger partial charge < -0.3 is 14.8 Å². The fourth-order valence-electron chi connectivity index (χ4n) is 2.96. The van der Waals surface area contributed by atoms with Crippen molar-refractivity contribution in [2.75, 3.05) is 12.4 Å². The topological polar surface area (TPSA) is 64.6 Å². The summed E-state index contributed by atoms with van der Waals surface area (Å²) in [6, 6.07) is 9.58. The maximum absolute atomic E-state index is 13.9. The van der Waals surface area contributed by atoms with Gasteiger partial charge in [-0.1, -0.05) is 6.07 Å². The molecule has 0 saturated carbocycles. The first kappa shape index (κ1) is 17.9. The molecule has 1 N–H and O–H groups in total. The Balaban J connectivity index is 1.62. The number of fused-ring (bicyclic) bond motifs is 1. The van der Waals surface area contributed by atoms with E-state index in [4.69, 9.17) is 9.47 Å². The van der Waals surface area contributed by atoms with Crippen molar-refractivity contribution in [2.24, 2.45) is 0 Å². The number of methoxy groups -OCH3 is 1. The normalized spacial score (nSPS) is 13.7. The van der Waals surface area contributed by atoms with Gasteiger partial charge in [0.25, 0.3) is 5.91 Å². The van der Waals surface area contributed by atoms with Gasteiger partial charge in [0.1, 0.15) is 11.6 Å². The Kier molecular flexibility index (Phi) is 5.21. The molecule has 0 saturated heterocycles. The van der Waals surface area contributed by atoms with Crippen LogP contribution in [0.1, 0.15) is 34.8 Å². The minimum absolute atomic E-state index is 0.247. The van der Waals surface area contributed by atoms with E-state index in [1.165, 1.54) is 37.3 Å². The Hall–Kier alpha value is -2.89. The van der Waals surface area contributed by atoms with Gasteiger partial charge in [-0.3, -0.25) is 4.79 Å². The van der Waals surface area contributed by atoms with Crippen LogP contribution in [0, 0.1) is 5.82 Å². The number of amides is 1. The van der Waals surface area contributed by atoms with E-state index >= 15 is 0 Å². The lowest BCUT2D eigenvalue weighted by atomic mass is 10.1. The molecule has 2 aromatic rings. The van der Waals surface area contributed by atoms with Crippen molar-refractivity contribution in [3.8, 4) is 5.75 Å². The summed E-state index contributed by atoms with van der Waals surface area (Å²) < 4.78 is 23.9. The second-order valence-electron chi connectivity index (χ2n) is 6.22. The lowest BCUT2D eigenvalue weighted by Crippen LogP contribution is -2.30. The first-order chi connectivity index (χ1) is 12.5. The monoisotopic (exact) mass is 357 g/mol. The van der Waals surface area contributed by atoms with Crippen molar-refractivity contribution in [3.63, 3.8) is 0 Å². The highest BCUT2D eigenvalue weighted by Crippen LogP contribution is 2.25. The van der Waals surface area contributed by atoms with Gasteiger partial charge in [0.15, 0.2) is 6.10 Å². The number of nitrogens with one attached hydrogen (secondary N) is 1. The van der Waals surface area contributed by atoms with Crippen LogP contribution in [0.5, 0.6) is 5.75 Å². The summed E-state index contributed by atoms with van der Waals surface area (Å²) in [7, 11) is 1.40. The van der Waals surface area contributed by atoms with Crippen molar-refractivity contribution < 1.29 is 23.5 Å². The van der Waals surface area contributed by atoms with Crippen LogP contribution < -0.4 is 10.1 Å². The average Bonchev–Trinajstić information content (AvgIpc) is 3.09. The minimum Gasteiger partial charge on any atom is -0.497 e. The van der Waals surface area contributed by atoms with Gasteiger partial charge in [0, 0.05) is 11.8 Å². The minimum atomic E-state index is -1.06. The SMILES string of the molecule is COc1ccc(C(=O)O[C@H](C)C(=O)Nc2ccc3c(c2)CCC3)c(F)c1. The Bertz CT molecular complexity index is 850. The van der Waals surface area contributed by atoms with E-state index in [1.54, 1.807) is 0 Å². The molecule has 1 aliphatic carbocycles. The van der Waals surface area contributed by atoms with Crippen LogP contribution in [0.2, 0.25) is 0 Å². The third-order valence-electron chi connectivity index (χ3n) is 4.42. The summed E-state index contributed by atoms with van der Waals surface area (Å²) in [5.74, 6) is -1.84. The molecule has 0 spiro atoms. The Morgan fingerprint density at radius 3 is 2.62 bits per heavy atom. The van der Waals surface area contributed by atoms with E-state index in [9.17, 15) is 14.0 Å². The van der Waals surface area contributed by atoms with Crippen molar-refractivity contribution in [3.05, 3.63) is 58.9 Å². The van der Waals surface area contributed by atoms with Crippen LogP contribution in [0.3, 0.4) is 0 Å². The molecule has 3 rings (SSSR count). The highest BCUT2D eigenvalue weighted by Gasteiger charge is 2.22. The van der Waals surface area contributed by atoms with Crippen molar-refractivity contribution in [1.29, 1.82) is 0 Å². The fraction of sp³-hybridized carbons (Fsp3) is 0.300. The van der Waals surface area contributed by atoms with Crippen LogP contribution in [-0.4, -0.2) is 25.1 Å². The van der Waals surface area contributed by atoms with E-state index in [2.05, 4.69) is 5.32 Å². The van der Waals surface area contributed by atoms with Gasteiger partial charge in [0.2, 0.25) is 0 Å². The quantitative estimate of drug-likeness (QED) is 0.832. The maximum atomic E-state index is 13.9. The van der Waals surface area contributed by atoms with E-state index in [0.717, 1.165) is 25.3 Å². The highest BCUT2D eigenvalue weighted by atomic mass is 19.1. The molecule has 0 aromatic heterocycles. The molecule has 1 aliphatic rings. The Morgan fingerprint density at radius 2 is 1.88 bits per heavy atom. The molecule has 26 heavy (non-hydrogen) atoms. The van der Waals surface area contributed by atoms with Crippen LogP contribution in [0.15, 0.2) is 36.4 Å². The molecule has 0 radical (unpaired) electrons. The van der Waals surface area contributed by atoms with Crippen LogP contribution in [-0.2, 0) is 22.4 Å². The summed E-state index contributed by atoms with van der Waals surface area (Å²) in [4.78, 5) is 24.4. The summed E-state index contributed by atoms with van der Waals surface area (Å²) in [6.45, 7) is 1.45. The zero-order valence-corrected chi connectivity index (χ0v) is 14.7. The van der Waals surface area contributed by atoms with Crippen molar-refractivity contribution in [1.82, 2.24) is 0 Å². The number of ether oxygens (including phenoxy) is 2. The Labute approximate surface area is 151 Å². The van der Waals surface area contributed by atoms with Gasteiger partial charge >= 0.3 is 5.97 Å². The molecule has 136 valence electrons. The van der Waals surface area contributed by atoms with E-state index in [1.807, 2.05) is 18.2 Å². The Morgan fingerprint density at radius 1 is 1.12 bits per heavy atom. The standard InChI is InChI=1S/C20H20FNO4/c1-12(26-20(24)17-9-8-16(25-2)11-18(17)21)19(23)22-15-7-6-13-4-3-5-14(13)10-15/h6-12H,3-5H2,1-2H3,(H,22,23)/t12-/m1/s1. The summed E-state index contributed by atoms with van der Waals surface area (Å²) >= 11 is 0. The zero-order valence-electron chi connectivity index (χ0n) is 14.7. The molecule has 1 amide bonds. The number of esters is 1.